The van der Waals surface area contributed by atoms with E-state index in [2.05, 4.69) is 20.2 Å². The zero-order valence-electron chi connectivity index (χ0n) is 19.4. The Morgan fingerprint density at radius 3 is 2.38 bits per heavy atom. The third kappa shape index (κ3) is 5.46. The van der Waals surface area contributed by atoms with Crippen molar-refractivity contribution in [3.63, 3.8) is 0 Å². The summed E-state index contributed by atoms with van der Waals surface area (Å²) in [5, 5.41) is 4.31. The van der Waals surface area contributed by atoms with Gasteiger partial charge in [0.15, 0.2) is 0 Å². The van der Waals surface area contributed by atoms with E-state index in [4.69, 9.17) is 17.3 Å². The molecule has 4 rings (SSSR count). The van der Waals surface area contributed by atoms with Crippen molar-refractivity contribution in [2.24, 2.45) is 5.92 Å². The normalized spacial score (nSPS) is 15.5. The van der Waals surface area contributed by atoms with Gasteiger partial charge in [-0.15, -0.1) is 0 Å². The molecule has 0 unspecified atom stereocenters. The summed E-state index contributed by atoms with van der Waals surface area (Å²) in [6.07, 6.45) is 0. The Morgan fingerprint density at radius 1 is 1.03 bits per heavy atom. The smallest absolute Gasteiger partial charge is 0.251 e. The molecule has 1 aliphatic rings. The summed E-state index contributed by atoms with van der Waals surface area (Å²) in [7, 11) is 0. The van der Waals surface area contributed by atoms with Crippen LogP contribution in [0.15, 0.2) is 48.5 Å². The molecule has 0 saturated carbocycles. The Kier molecular flexibility index (Phi) is 7.29. The van der Waals surface area contributed by atoms with Crippen LogP contribution < -0.4 is 11.1 Å². The quantitative estimate of drug-likeness (QED) is 0.562. The molecule has 0 spiro atoms. The van der Waals surface area contributed by atoms with E-state index in [1.165, 1.54) is 0 Å². The first-order valence-electron chi connectivity index (χ1n) is 11.4. The maximum atomic E-state index is 13.2. The number of hydrogen-bond acceptors (Lipinski definition) is 6. The number of aromatic nitrogens is 2. The van der Waals surface area contributed by atoms with Gasteiger partial charge in [-0.3, -0.25) is 14.5 Å². The minimum atomic E-state index is -0.599. The Bertz CT molecular complexity index is 1180. The highest BCUT2D eigenvalue weighted by Crippen LogP contribution is 2.18. The lowest BCUT2D eigenvalue weighted by Crippen LogP contribution is -2.56. The molecule has 3 aromatic rings. The van der Waals surface area contributed by atoms with E-state index in [0.717, 1.165) is 10.9 Å². The highest BCUT2D eigenvalue weighted by Gasteiger charge is 2.31. The summed E-state index contributed by atoms with van der Waals surface area (Å²) in [6, 6.07) is 13.7. The van der Waals surface area contributed by atoms with Crippen molar-refractivity contribution >= 4 is 40.1 Å². The lowest BCUT2D eigenvalue weighted by Gasteiger charge is -2.37. The number of nitrogens with zero attached hydrogens (tertiary/aromatic N) is 4. The number of carbonyl (C=O) groups is 2. The van der Waals surface area contributed by atoms with Crippen LogP contribution in [0.25, 0.3) is 10.9 Å². The van der Waals surface area contributed by atoms with Crippen molar-refractivity contribution in [2.45, 2.75) is 26.4 Å². The van der Waals surface area contributed by atoms with Crippen molar-refractivity contribution in [2.75, 3.05) is 31.9 Å². The number of nitrogens with two attached hydrogens (primary N) is 1. The fourth-order valence-corrected chi connectivity index (χ4v) is 4.21. The molecular formula is C25H29ClN6O2. The molecule has 1 fully saturated rings. The van der Waals surface area contributed by atoms with E-state index in [1.54, 1.807) is 24.3 Å². The number of nitrogen functional groups attached to an aromatic ring is 1. The number of fused-ring (bicyclic) bond motifs is 1. The highest BCUT2D eigenvalue weighted by molar-refractivity contribution is 6.30. The monoisotopic (exact) mass is 480 g/mol. The van der Waals surface area contributed by atoms with Crippen molar-refractivity contribution in [1.29, 1.82) is 0 Å². The van der Waals surface area contributed by atoms with Crippen LogP contribution in [0.2, 0.25) is 5.02 Å². The van der Waals surface area contributed by atoms with Gasteiger partial charge in [-0.25, -0.2) is 9.97 Å². The second kappa shape index (κ2) is 10.4. The zero-order valence-corrected chi connectivity index (χ0v) is 20.1. The fraction of sp³-hybridized carbons (Fsp3) is 0.360. The van der Waals surface area contributed by atoms with Crippen molar-refractivity contribution in [3.05, 3.63) is 64.9 Å². The maximum absolute atomic E-state index is 13.2. The maximum Gasteiger partial charge on any atom is 0.251 e. The van der Waals surface area contributed by atoms with Crippen LogP contribution in [0.5, 0.6) is 0 Å². The number of halogens is 1. The highest BCUT2D eigenvalue weighted by atomic mass is 35.5. The number of benzene rings is 2. The minimum absolute atomic E-state index is 0.0456. The van der Waals surface area contributed by atoms with Gasteiger partial charge < -0.3 is 16.0 Å². The number of para-hydroxylation sites is 1. The molecule has 2 heterocycles. The molecule has 1 aromatic heterocycles. The van der Waals surface area contributed by atoms with Gasteiger partial charge in [0.2, 0.25) is 5.91 Å². The molecule has 34 heavy (non-hydrogen) atoms. The number of nitrogens with one attached hydrogen (secondary N) is 1. The van der Waals surface area contributed by atoms with Crippen molar-refractivity contribution in [3.8, 4) is 0 Å². The largest absolute Gasteiger partial charge is 0.383 e. The Labute approximate surface area is 204 Å². The zero-order chi connectivity index (χ0) is 24.2. The third-order valence-corrected chi connectivity index (χ3v) is 6.31. The molecule has 9 heteroatoms. The number of rotatable bonds is 6. The molecule has 1 atom stereocenters. The molecule has 0 bridgehead atoms. The Hall–Kier alpha value is -3.23. The summed E-state index contributed by atoms with van der Waals surface area (Å²) in [6.45, 7) is 6.96. The minimum Gasteiger partial charge on any atom is -0.383 e. The van der Waals surface area contributed by atoms with E-state index in [-0.39, 0.29) is 17.7 Å². The lowest BCUT2D eigenvalue weighted by atomic mass is 10.0. The van der Waals surface area contributed by atoms with Crippen LogP contribution in [0.1, 0.15) is 30.0 Å². The van der Waals surface area contributed by atoms with Gasteiger partial charge in [-0.1, -0.05) is 37.6 Å². The van der Waals surface area contributed by atoms with E-state index in [1.807, 2.05) is 43.0 Å². The third-order valence-electron chi connectivity index (χ3n) is 6.05. The number of amides is 2. The van der Waals surface area contributed by atoms with Crippen LogP contribution in [0, 0.1) is 5.92 Å². The molecule has 3 N–H and O–H groups in total. The molecule has 178 valence electrons. The molecule has 1 saturated heterocycles. The summed E-state index contributed by atoms with van der Waals surface area (Å²) in [5.41, 5.74) is 7.41. The van der Waals surface area contributed by atoms with Crippen LogP contribution >= 0.6 is 11.6 Å². The molecular weight excluding hydrogens is 452 g/mol. The number of piperazine rings is 1. The average Bonchev–Trinajstić information content (AvgIpc) is 2.83. The second-order valence-electron chi connectivity index (χ2n) is 8.85. The van der Waals surface area contributed by atoms with Crippen LogP contribution in [0.4, 0.5) is 5.82 Å². The number of carbonyl (C=O) groups excluding carboxylic acids is 2. The Morgan fingerprint density at radius 2 is 1.71 bits per heavy atom. The van der Waals surface area contributed by atoms with Crippen LogP contribution in [0.3, 0.4) is 0 Å². The number of anilines is 1. The van der Waals surface area contributed by atoms with E-state index in [9.17, 15) is 9.59 Å². The summed E-state index contributed by atoms with van der Waals surface area (Å²) in [4.78, 5) is 39.0. The van der Waals surface area contributed by atoms with Crippen molar-refractivity contribution in [1.82, 2.24) is 25.1 Å². The molecule has 8 nitrogen and oxygen atoms in total. The molecule has 2 aromatic carbocycles. The van der Waals surface area contributed by atoms with E-state index < -0.39 is 6.04 Å². The first-order chi connectivity index (χ1) is 16.3. The van der Waals surface area contributed by atoms with Gasteiger partial charge >= 0.3 is 0 Å². The predicted octanol–water partition coefficient (Wildman–Crippen LogP) is 2.96. The van der Waals surface area contributed by atoms with Crippen LogP contribution in [-0.2, 0) is 11.3 Å². The average molecular weight is 481 g/mol. The lowest BCUT2D eigenvalue weighted by molar-refractivity contribution is -0.136. The van der Waals surface area contributed by atoms with Gasteiger partial charge in [0.05, 0.1) is 12.1 Å². The summed E-state index contributed by atoms with van der Waals surface area (Å²) < 4.78 is 0. The van der Waals surface area contributed by atoms with E-state index >= 15 is 0 Å². The predicted molar refractivity (Wildman–Crippen MR) is 133 cm³/mol. The topological polar surface area (TPSA) is 104 Å². The molecule has 0 radical (unpaired) electrons. The van der Waals surface area contributed by atoms with Gasteiger partial charge in [0.25, 0.3) is 5.91 Å². The second-order valence-corrected chi connectivity index (χ2v) is 9.28. The Balaban J connectivity index is 1.36. The van der Waals surface area contributed by atoms with Gasteiger partial charge in [0, 0.05) is 42.2 Å². The van der Waals surface area contributed by atoms with Crippen LogP contribution in [-0.4, -0.2) is 63.8 Å². The molecule has 1 aliphatic heterocycles. The molecule has 0 aliphatic carbocycles. The van der Waals surface area contributed by atoms with Gasteiger partial charge in [0.1, 0.15) is 17.7 Å². The standard InChI is InChI=1S/C25H29ClN6O2/c1-16(2)22(30-24(33)17-7-9-18(26)10-8-17)25(34)32-13-11-31(12-14-32)15-21-28-20-6-4-3-5-19(20)23(27)29-21/h3-10,16,22H,11-15H2,1-2H3,(H,30,33)(H2,27,28,29)/t22-/m1/s1. The number of hydrogen-bond donors (Lipinski definition) is 2. The first kappa shape index (κ1) is 23.9. The first-order valence-corrected chi connectivity index (χ1v) is 11.8. The summed E-state index contributed by atoms with van der Waals surface area (Å²) >= 11 is 5.91. The SMILES string of the molecule is CC(C)[C@@H](NC(=O)c1ccc(Cl)cc1)C(=O)N1CCN(Cc2nc(N)c3ccccc3n2)CC1. The van der Waals surface area contributed by atoms with Gasteiger partial charge in [-0.2, -0.15) is 0 Å². The van der Waals surface area contributed by atoms with Crippen molar-refractivity contribution < 1.29 is 9.59 Å². The molecule has 2 amide bonds. The fourth-order valence-electron chi connectivity index (χ4n) is 4.08. The summed E-state index contributed by atoms with van der Waals surface area (Å²) in [5.74, 6) is 0.754. The van der Waals surface area contributed by atoms with E-state index in [0.29, 0.717) is 55.0 Å². The van der Waals surface area contributed by atoms with Gasteiger partial charge in [-0.05, 0) is 42.3 Å².